The number of nitrogens with zero attached hydrogens (tertiary/aromatic N) is 1. The van der Waals surface area contributed by atoms with Gasteiger partial charge in [0.1, 0.15) is 0 Å². The Bertz CT molecular complexity index is 1470. The van der Waals surface area contributed by atoms with Gasteiger partial charge in [-0.1, -0.05) is 103 Å². The molecule has 37 heavy (non-hydrogen) atoms. The monoisotopic (exact) mass is 477 g/mol. The molecule has 0 aliphatic heterocycles. The van der Waals surface area contributed by atoms with Gasteiger partial charge in [0, 0.05) is 17.1 Å². The lowest BCUT2D eigenvalue weighted by molar-refractivity contribution is 0.911. The van der Waals surface area contributed by atoms with Crippen LogP contribution in [-0.2, 0) is 12.8 Å². The predicted molar refractivity (Wildman–Crippen MR) is 158 cm³/mol. The fraction of sp³-hybridized carbons (Fsp3) is 0.111. The van der Waals surface area contributed by atoms with E-state index in [0.717, 1.165) is 6.42 Å². The molecule has 0 radical (unpaired) electrons. The van der Waals surface area contributed by atoms with Crippen LogP contribution in [0.25, 0.3) is 11.6 Å². The third kappa shape index (κ3) is 4.86. The van der Waals surface area contributed by atoms with Crippen molar-refractivity contribution in [3.05, 3.63) is 161 Å². The maximum absolute atomic E-state index is 2.42. The molecule has 0 saturated carbocycles. The van der Waals surface area contributed by atoms with E-state index in [1.807, 2.05) is 0 Å². The predicted octanol–water partition coefficient (Wildman–Crippen LogP) is 9.54. The Kier molecular flexibility index (Phi) is 6.44. The fourth-order valence-corrected chi connectivity index (χ4v) is 5.39. The minimum atomic E-state index is 1.15. The Labute approximate surface area is 220 Å². The molecule has 1 heteroatoms. The topological polar surface area (TPSA) is 3.24 Å². The van der Waals surface area contributed by atoms with Crippen molar-refractivity contribution in [2.75, 3.05) is 4.90 Å². The van der Waals surface area contributed by atoms with Crippen LogP contribution >= 0.6 is 0 Å². The summed E-state index contributed by atoms with van der Waals surface area (Å²) >= 11 is 0. The van der Waals surface area contributed by atoms with Gasteiger partial charge in [-0.15, -0.1) is 0 Å². The van der Waals surface area contributed by atoms with Gasteiger partial charge in [0.05, 0.1) is 0 Å². The molecule has 0 amide bonds. The van der Waals surface area contributed by atoms with E-state index in [4.69, 9.17) is 0 Å². The van der Waals surface area contributed by atoms with Crippen LogP contribution in [0.3, 0.4) is 0 Å². The third-order valence-corrected chi connectivity index (χ3v) is 7.29. The zero-order valence-corrected chi connectivity index (χ0v) is 21.3. The number of fused-ring (bicyclic) bond motifs is 1. The van der Waals surface area contributed by atoms with Crippen LogP contribution in [0, 0.1) is 6.92 Å². The van der Waals surface area contributed by atoms with Crippen molar-refractivity contribution in [1.29, 1.82) is 0 Å². The fourth-order valence-electron chi connectivity index (χ4n) is 5.39. The Morgan fingerprint density at radius 3 is 1.81 bits per heavy atom. The van der Waals surface area contributed by atoms with Crippen LogP contribution in [0.2, 0.25) is 0 Å². The number of anilines is 3. The number of benzene rings is 5. The highest BCUT2D eigenvalue weighted by Crippen LogP contribution is 2.40. The Morgan fingerprint density at radius 2 is 1.19 bits per heavy atom. The molecule has 0 N–H and O–H groups in total. The lowest BCUT2D eigenvalue weighted by atomic mass is 9.95. The summed E-state index contributed by atoms with van der Waals surface area (Å²) in [5.41, 5.74) is 12.8. The van der Waals surface area contributed by atoms with Gasteiger partial charge in [-0.2, -0.15) is 0 Å². The van der Waals surface area contributed by atoms with Crippen molar-refractivity contribution in [2.24, 2.45) is 0 Å². The van der Waals surface area contributed by atoms with E-state index in [9.17, 15) is 0 Å². The molecule has 0 bridgehead atoms. The Hall–Kier alpha value is -4.36. The van der Waals surface area contributed by atoms with E-state index in [2.05, 4.69) is 145 Å². The highest BCUT2D eigenvalue weighted by atomic mass is 15.1. The maximum Gasteiger partial charge on any atom is 0.0496 e. The Morgan fingerprint density at radius 1 is 0.595 bits per heavy atom. The lowest BCUT2D eigenvalue weighted by Gasteiger charge is -2.28. The molecule has 180 valence electrons. The van der Waals surface area contributed by atoms with Crippen molar-refractivity contribution in [3.63, 3.8) is 0 Å². The van der Waals surface area contributed by atoms with Crippen LogP contribution in [0.15, 0.2) is 127 Å². The van der Waals surface area contributed by atoms with E-state index in [1.165, 1.54) is 68.9 Å². The molecule has 0 unspecified atom stereocenters. The van der Waals surface area contributed by atoms with Crippen LogP contribution < -0.4 is 4.90 Å². The van der Waals surface area contributed by atoms with E-state index < -0.39 is 0 Å². The third-order valence-electron chi connectivity index (χ3n) is 7.29. The largest absolute Gasteiger partial charge is 0.310 e. The summed E-state index contributed by atoms with van der Waals surface area (Å²) in [6.07, 6.45) is 5.85. The van der Waals surface area contributed by atoms with Gasteiger partial charge in [-0.25, -0.2) is 0 Å². The minimum absolute atomic E-state index is 1.15. The van der Waals surface area contributed by atoms with Gasteiger partial charge in [0.25, 0.3) is 0 Å². The van der Waals surface area contributed by atoms with Gasteiger partial charge in [0.2, 0.25) is 0 Å². The van der Waals surface area contributed by atoms with Crippen LogP contribution in [0.5, 0.6) is 0 Å². The van der Waals surface area contributed by atoms with Gasteiger partial charge >= 0.3 is 0 Å². The van der Waals surface area contributed by atoms with Crippen molar-refractivity contribution < 1.29 is 0 Å². The van der Waals surface area contributed by atoms with E-state index in [-0.39, 0.29) is 0 Å². The number of aryl methyl sites for hydroxylation is 2. The van der Waals surface area contributed by atoms with Gasteiger partial charge in [-0.05, 0) is 96.0 Å². The second-order valence-electron chi connectivity index (χ2n) is 9.82. The second-order valence-corrected chi connectivity index (χ2v) is 9.82. The van der Waals surface area contributed by atoms with Crippen LogP contribution in [0.4, 0.5) is 17.1 Å². The van der Waals surface area contributed by atoms with Crippen LogP contribution in [0.1, 0.15) is 39.8 Å². The number of rotatable bonds is 6. The molecule has 1 nitrogen and oxygen atoms in total. The van der Waals surface area contributed by atoms with E-state index >= 15 is 0 Å². The molecule has 0 heterocycles. The molecule has 1 aliphatic carbocycles. The Balaban J connectivity index is 1.42. The molecule has 0 atom stereocenters. The normalized spacial score (nSPS) is 12.1. The van der Waals surface area contributed by atoms with Crippen molar-refractivity contribution in [3.8, 4) is 0 Å². The minimum Gasteiger partial charge on any atom is -0.310 e. The van der Waals surface area contributed by atoms with Gasteiger partial charge < -0.3 is 4.90 Å². The zero-order chi connectivity index (χ0) is 25.0. The smallest absolute Gasteiger partial charge is 0.0496 e. The summed E-state index contributed by atoms with van der Waals surface area (Å²) in [5.74, 6) is 0. The van der Waals surface area contributed by atoms with Gasteiger partial charge in [-0.3, -0.25) is 0 Å². The first kappa shape index (κ1) is 23.1. The highest BCUT2D eigenvalue weighted by molar-refractivity contribution is 5.91. The molecular formula is C36H31N. The van der Waals surface area contributed by atoms with Crippen LogP contribution in [-0.4, -0.2) is 0 Å². The van der Waals surface area contributed by atoms with E-state index in [1.54, 1.807) is 0 Å². The van der Waals surface area contributed by atoms with Gasteiger partial charge in [0.15, 0.2) is 0 Å². The summed E-state index contributed by atoms with van der Waals surface area (Å²) in [4.78, 5) is 2.42. The summed E-state index contributed by atoms with van der Waals surface area (Å²) in [6, 6.07) is 46.0. The molecule has 0 aromatic heterocycles. The molecule has 6 rings (SSSR count). The molecule has 5 aromatic carbocycles. The molecular weight excluding hydrogens is 446 g/mol. The van der Waals surface area contributed by atoms with E-state index in [0.29, 0.717) is 0 Å². The maximum atomic E-state index is 2.42. The summed E-state index contributed by atoms with van der Waals surface area (Å²) in [7, 11) is 0. The molecule has 1 aliphatic rings. The average molecular weight is 478 g/mol. The summed E-state index contributed by atoms with van der Waals surface area (Å²) < 4.78 is 0. The molecule has 0 spiro atoms. The summed E-state index contributed by atoms with van der Waals surface area (Å²) in [6.45, 7) is 2.15. The molecule has 5 aromatic rings. The number of hydrogen-bond donors (Lipinski definition) is 0. The zero-order valence-electron chi connectivity index (χ0n) is 21.3. The average Bonchev–Trinajstić information content (AvgIpc) is 3.45. The lowest BCUT2D eigenvalue weighted by Crippen LogP contribution is -2.12. The SMILES string of the molecule is Cc1ccc(N(c2ccc(C=C(c3ccccc3)c3ccccc3)cc2)c2cccc3c2CCC3)cc1. The first-order valence-corrected chi connectivity index (χ1v) is 13.2. The summed E-state index contributed by atoms with van der Waals surface area (Å²) in [5, 5.41) is 0. The highest BCUT2D eigenvalue weighted by Gasteiger charge is 2.21. The molecule has 0 saturated heterocycles. The molecule has 0 fully saturated rings. The quantitative estimate of drug-likeness (QED) is 0.220. The number of hydrogen-bond acceptors (Lipinski definition) is 1. The first-order chi connectivity index (χ1) is 18.3. The van der Waals surface area contributed by atoms with Crippen molar-refractivity contribution in [1.82, 2.24) is 0 Å². The standard InChI is InChI=1S/C36H31N/c1-27-18-22-32(23-19-27)37(36-17-9-15-29-14-8-16-34(29)36)33-24-20-28(21-25-33)26-35(30-10-4-2-5-11-30)31-12-6-3-7-13-31/h2-7,9-13,15,17-26H,8,14,16H2,1H3. The van der Waals surface area contributed by atoms with Crippen molar-refractivity contribution in [2.45, 2.75) is 26.2 Å². The first-order valence-electron chi connectivity index (χ1n) is 13.2. The van der Waals surface area contributed by atoms with Crippen molar-refractivity contribution >= 4 is 28.7 Å². The second kappa shape index (κ2) is 10.3.